The Morgan fingerprint density at radius 2 is 1.52 bits per heavy atom. The molecule has 3 rings (SSSR count). The second-order valence-corrected chi connectivity index (χ2v) is 6.05. The second kappa shape index (κ2) is 9.77. The number of carbonyl (C=O) groups is 2. The number of anilines is 1. The highest BCUT2D eigenvalue weighted by Crippen LogP contribution is 2.30. The van der Waals surface area contributed by atoms with Crippen LogP contribution in [0.3, 0.4) is 0 Å². The van der Waals surface area contributed by atoms with Crippen LogP contribution in [-0.4, -0.2) is 17.7 Å². The predicted octanol–water partition coefficient (Wildman–Crippen LogP) is 2.80. The molecule has 3 aromatic rings. The van der Waals surface area contributed by atoms with Crippen LogP contribution in [0.2, 0.25) is 0 Å². The van der Waals surface area contributed by atoms with Gasteiger partial charge in [-0.1, -0.05) is 18.2 Å². The number of primary amides is 1. The topological polar surface area (TPSA) is 145 Å². The van der Waals surface area contributed by atoms with Crippen LogP contribution in [0.25, 0.3) is 10.8 Å². The molecule has 0 unspecified atom stereocenters. The van der Waals surface area contributed by atoms with Crippen LogP contribution in [0.15, 0.2) is 54.6 Å². The molecule has 9 heteroatoms. The summed E-state index contributed by atoms with van der Waals surface area (Å²) in [6.07, 6.45) is -0.0961. The van der Waals surface area contributed by atoms with Gasteiger partial charge in [0.05, 0.1) is 12.0 Å². The Hall–Kier alpha value is -3.29. The lowest BCUT2D eigenvalue weighted by atomic mass is 9.98. The molecule has 0 heterocycles. The monoisotopic (exact) mass is 434 g/mol. The van der Waals surface area contributed by atoms with Gasteiger partial charge in [0.25, 0.3) is 0 Å². The number of nitrogens with one attached hydrogen (secondary N) is 1. The molecule has 0 saturated heterocycles. The number of fused-ring (bicyclic) bond motifs is 1. The van der Waals surface area contributed by atoms with Crippen molar-refractivity contribution >= 4 is 59.0 Å². The molecule has 0 spiro atoms. The zero-order valence-electron chi connectivity index (χ0n) is 15.2. The first-order valence-corrected chi connectivity index (χ1v) is 8.11. The van der Waals surface area contributed by atoms with Gasteiger partial charge in [-0.3, -0.25) is 10.2 Å². The Bertz CT molecular complexity index is 1070. The van der Waals surface area contributed by atoms with E-state index in [2.05, 4.69) is 0 Å². The number of amidine groups is 1. The van der Waals surface area contributed by atoms with Crippen molar-refractivity contribution in [2.75, 3.05) is 5.73 Å². The Balaban J connectivity index is 0.00000210. The molecular weight excluding hydrogens is 415 g/mol. The van der Waals surface area contributed by atoms with Gasteiger partial charge >= 0.3 is 5.97 Å². The maximum absolute atomic E-state index is 12.4. The first-order chi connectivity index (χ1) is 12.8. The van der Waals surface area contributed by atoms with Crippen molar-refractivity contribution in [2.45, 2.75) is 6.42 Å². The largest absolute Gasteiger partial charge is 0.423 e. The van der Waals surface area contributed by atoms with Crippen molar-refractivity contribution in [1.29, 1.82) is 5.41 Å². The predicted molar refractivity (Wildman–Crippen MR) is 118 cm³/mol. The summed E-state index contributed by atoms with van der Waals surface area (Å²) in [6.45, 7) is 0. The summed E-state index contributed by atoms with van der Waals surface area (Å²) in [4.78, 5) is 24.0. The first-order valence-electron chi connectivity index (χ1n) is 8.11. The highest BCUT2D eigenvalue weighted by atomic mass is 35.5. The third-order valence-electron chi connectivity index (χ3n) is 4.10. The number of amides is 1. The Labute approximate surface area is 179 Å². The molecule has 7 nitrogen and oxygen atoms in total. The number of rotatable bonds is 5. The van der Waals surface area contributed by atoms with Gasteiger partial charge in [-0.05, 0) is 47.2 Å². The number of benzene rings is 3. The van der Waals surface area contributed by atoms with E-state index >= 15 is 0 Å². The minimum Gasteiger partial charge on any atom is -0.423 e. The molecule has 7 N–H and O–H groups in total. The average Bonchev–Trinajstić information content (AvgIpc) is 2.63. The highest BCUT2D eigenvalue weighted by Gasteiger charge is 2.16. The van der Waals surface area contributed by atoms with E-state index in [0.29, 0.717) is 27.8 Å². The molecule has 3 aromatic carbocycles. The molecule has 0 saturated carbocycles. The summed E-state index contributed by atoms with van der Waals surface area (Å²) in [5.74, 6) is -0.936. The highest BCUT2D eigenvalue weighted by molar-refractivity contribution is 6.01. The number of hydrogen-bond acceptors (Lipinski definition) is 5. The normalized spacial score (nSPS) is 9.79. The molecular formula is C20H20Cl2N4O3. The van der Waals surface area contributed by atoms with E-state index in [-0.39, 0.29) is 42.8 Å². The first kappa shape index (κ1) is 23.7. The molecule has 0 radical (unpaired) electrons. The van der Waals surface area contributed by atoms with Crippen LogP contribution in [-0.2, 0) is 11.2 Å². The molecule has 0 fully saturated rings. The van der Waals surface area contributed by atoms with Crippen molar-refractivity contribution in [3.05, 3.63) is 71.3 Å². The van der Waals surface area contributed by atoms with E-state index in [1.54, 1.807) is 54.6 Å². The quantitative estimate of drug-likeness (QED) is 0.160. The molecule has 29 heavy (non-hydrogen) atoms. The van der Waals surface area contributed by atoms with Gasteiger partial charge in [0, 0.05) is 16.8 Å². The fraction of sp³-hybridized carbons (Fsp3) is 0.0500. The van der Waals surface area contributed by atoms with E-state index in [4.69, 9.17) is 27.3 Å². The van der Waals surface area contributed by atoms with E-state index in [1.165, 1.54) is 0 Å². The smallest absolute Gasteiger partial charge is 0.343 e. The van der Waals surface area contributed by atoms with Crippen LogP contribution in [0, 0.1) is 5.41 Å². The zero-order chi connectivity index (χ0) is 19.6. The standard InChI is InChI=1S/C20H18N4O3.2ClH/c21-14-5-1-11(2-6-14)20(26)27-17-8-4-12-9-13(19(23)24)3-7-15(12)16(17)10-18(22)25;;/h1-9H,10,21H2,(H2,22,25)(H3,23,24);2*1H. The van der Waals surface area contributed by atoms with Gasteiger partial charge in [-0.25, -0.2) is 4.79 Å². The van der Waals surface area contributed by atoms with Crippen LogP contribution in [0.1, 0.15) is 21.5 Å². The molecule has 0 aliphatic carbocycles. The third kappa shape index (κ3) is 5.37. The number of ether oxygens (including phenoxy) is 1. The van der Waals surface area contributed by atoms with Crippen molar-refractivity contribution < 1.29 is 14.3 Å². The fourth-order valence-corrected chi connectivity index (χ4v) is 2.77. The van der Waals surface area contributed by atoms with Crippen LogP contribution in [0.4, 0.5) is 5.69 Å². The molecule has 152 valence electrons. The SMILES string of the molecule is Cl.Cl.N=C(N)c1ccc2c(CC(N)=O)c(OC(=O)c3ccc(N)cc3)ccc2c1. The van der Waals surface area contributed by atoms with Gasteiger partial charge in [-0.2, -0.15) is 0 Å². The minimum atomic E-state index is -0.569. The summed E-state index contributed by atoms with van der Waals surface area (Å²) in [5, 5.41) is 9.00. The number of nitrogen functional groups attached to an aromatic ring is 2. The molecule has 0 aromatic heterocycles. The second-order valence-electron chi connectivity index (χ2n) is 6.05. The van der Waals surface area contributed by atoms with E-state index in [9.17, 15) is 9.59 Å². The van der Waals surface area contributed by atoms with Gasteiger partial charge in [0.15, 0.2) is 0 Å². The van der Waals surface area contributed by atoms with Crippen molar-refractivity contribution in [3.63, 3.8) is 0 Å². The van der Waals surface area contributed by atoms with Gasteiger partial charge in [-0.15, -0.1) is 24.8 Å². The van der Waals surface area contributed by atoms with Crippen LogP contribution < -0.4 is 21.9 Å². The molecule has 1 amide bonds. The van der Waals surface area contributed by atoms with Crippen LogP contribution >= 0.6 is 24.8 Å². The van der Waals surface area contributed by atoms with E-state index < -0.39 is 11.9 Å². The summed E-state index contributed by atoms with van der Waals surface area (Å²) in [6, 6.07) is 14.8. The van der Waals surface area contributed by atoms with E-state index in [0.717, 1.165) is 5.39 Å². The molecule has 0 aliphatic rings. The Kier molecular flexibility index (Phi) is 8.00. The maximum Gasteiger partial charge on any atom is 0.343 e. The van der Waals surface area contributed by atoms with Crippen molar-refractivity contribution in [2.24, 2.45) is 11.5 Å². The number of carbonyl (C=O) groups excluding carboxylic acids is 2. The van der Waals surface area contributed by atoms with Gasteiger partial charge in [0.1, 0.15) is 11.6 Å². The molecule has 0 atom stereocenters. The summed E-state index contributed by atoms with van der Waals surface area (Å²) < 4.78 is 5.50. The molecule has 0 aliphatic heterocycles. The van der Waals surface area contributed by atoms with Crippen molar-refractivity contribution in [1.82, 2.24) is 0 Å². The zero-order valence-corrected chi connectivity index (χ0v) is 16.8. The number of halogens is 2. The lowest BCUT2D eigenvalue weighted by Gasteiger charge is -2.13. The number of nitrogens with two attached hydrogens (primary N) is 3. The summed E-state index contributed by atoms with van der Waals surface area (Å²) in [7, 11) is 0. The van der Waals surface area contributed by atoms with Crippen molar-refractivity contribution in [3.8, 4) is 5.75 Å². The minimum absolute atomic E-state index is 0. The van der Waals surface area contributed by atoms with Gasteiger partial charge in [0.2, 0.25) is 5.91 Å². The molecule has 0 bridgehead atoms. The maximum atomic E-state index is 12.4. The van der Waals surface area contributed by atoms with E-state index in [1.807, 2.05) is 0 Å². The Morgan fingerprint density at radius 3 is 2.10 bits per heavy atom. The lowest BCUT2D eigenvalue weighted by molar-refractivity contribution is -0.117. The van der Waals surface area contributed by atoms with Crippen LogP contribution in [0.5, 0.6) is 5.75 Å². The van der Waals surface area contributed by atoms with Gasteiger partial charge < -0.3 is 21.9 Å². The summed E-state index contributed by atoms with van der Waals surface area (Å²) >= 11 is 0. The lowest BCUT2D eigenvalue weighted by Crippen LogP contribution is -2.16. The number of esters is 1. The average molecular weight is 435 g/mol. The summed E-state index contributed by atoms with van der Waals surface area (Å²) in [5.41, 5.74) is 18.4. The number of hydrogen-bond donors (Lipinski definition) is 4. The fourth-order valence-electron chi connectivity index (χ4n) is 2.77. The Morgan fingerprint density at radius 1 is 0.897 bits per heavy atom. The third-order valence-corrected chi connectivity index (χ3v) is 4.10.